The van der Waals surface area contributed by atoms with Crippen molar-refractivity contribution < 1.29 is 9.90 Å². The van der Waals surface area contributed by atoms with Crippen LogP contribution in [0.5, 0.6) is 5.75 Å². The Morgan fingerprint density at radius 1 is 1.33 bits per heavy atom. The topological polar surface area (TPSA) is 52.6 Å². The van der Waals surface area contributed by atoms with Crippen LogP contribution in [0.15, 0.2) is 18.2 Å². The average Bonchev–Trinajstić information content (AvgIpc) is 3.32. The van der Waals surface area contributed by atoms with Gasteiger partial charge in [-0.25, -0.2) is 0 Å². The molecule has 0 spiro atoms. The zero-order valence-corrected chi connectivity index (χ0v) is 12.8. The van der Waals surface area contributed by atoms with Gasteiger partial charge >= 0.3 is 0 Å². The zero-order chi connectivity index (χ0) is 14.8. The second kappa shape index (κ2) is 6.24. The third-order valence-electron chi connectivity index (χ3n) is 4.27. The Kier molecular flexibility index (Phi) is 4.36. The predicted molar refractivity (Wildman–Crippen MR) is 82.8 cm³/mol. The molecule has 1 saturated carbocycles. The average molecular weight is 309 g/mol. The van der Waals surface area contributed by atoms with Gasteiger partial charge in [0.1, 0.15) is 5.75 Å². The first-order valence-electron chi connectivity index (χ1n) is 7.68. The number of halogens is 1. The molecule has 1 aromatic carbocycles. The van der Waals surface area contributed by atoms with Crippen LogP contribution in [0.4, 0.5) is 0 Å². The van der Waals surface area contributed by atoms with Crippen LogP contribution in [0.25, 0.3) is 0 Å². The van der Waals surface area contributed by atoms with Gasteiger partial charge in [-0.2, -0.15) is 0 Å². The second-order valence-electron chi connectivity index (χ2n) is 6.00. The second-order valence-corrected chi connectivity index (χ2v) is 6.43. The summed E-state index contributed by atoms with van der Waals surface area (Å²) in [6.45, 7) is 1.75. The molecule has 2 fully saturated rings. The van der Waals surface area contributed by atoms with E-state index in [1.54, 1.807) is 12.1 Å². The van der Waals surface area contributed by atoms with E-state index in [1.165, 1.54) is 18.9 Å². The van der Waals surface area contributed by atoms with Crippen molar-refractivity contribution in [3.05, 3.63) is 28.8 Å². The molecule has 1 aliphatic carbocycles. The molecule has 0 bridgehead atoms. The van der Waals surface area contributed by atoms with Crippen LogP contribution in [-0.4, -0.2) is 41.1 Å². The Morgan fingerprint density at radius 2 is 2.14 bits per heavy atom. The SMILES string of the molecule is O=C(c1cc(Cl)ccc1O)N(CC1CCCCN1)C1CC1. The Labute approximate surface area is 130 Å². The molecule has 0 radical (unpaired) electrons. The summed E-state index contributed by atoms with van der Waals surface area (Å²) in [6.07, 6.45) is 5.65. The van der Waals surface area contributed by atoms with Crippen molar-refractivity contribution in [2.45, 2.75) is 44.2 Å². The maximum Gasteiger partial charge on any atom is 0.257 e. The molecule has 1 aliphatic heterocycles. The number of aromatic hydroxyl groups is 1. The molecule has 3 rings (SSSR count). The van der Waals surface area contributed by atoms with Gasteiger partial charge in [0.05, 0.1) is 5.56 Å². The predicted octanol–water partition coefficient (Wildman–Crippen LogP) is 2.79. The Morgan fingerprint density at radius 3 is 2.81 bits per heavy atom. The summed E-state index contributed by atoms with van der Waals surface area (Å²) in [6, 6.07) is 5.32. The number of nitrogens with one attached hydrogen (secondary N) is 1. The molecule has 1 atom stereocenters. The number of hydrogen-bond acceptors (Lipinski definition) is 3. The highest BCUT2D eigenvalue weighted by Gasteiger charge is 2.35. The molecule has 5 heteroatoms. The van der Waals surface area contributed by atoms with Crippen molar-refractivity contribution in [3.63, 3.8) is 0 Å². The van der Waals surface area contributed by atoms with Crippen molar-refractivity contribution in [3.8, 4) is 5.75 Å². The Hall–Kier alpha value is -1.26. The third-order valence-corrected chi connectivity index (χ3v) is 4.50. The lowest BCUT2D eigenvalue weighted by atomic mass is 10.0. The minimum Gasteiger partial charge on any atom is -0.507 e. The molecule has 114 valence electrons. The fourth-order valence-electron chi connectivity index (χ4n) is 2.94. The van der Waals surface area contributed by atoms with Crippen LogP contribution in [0.1, 0.15) is 42.5 Å². The molecule has 1 aromatic rings. The number of hydrogen-bond donors (Lipinski definition) is 2. The van der Waals surface area contributed by atoms with Crippen molar-refractivity contribution in [1.29, 1.82) is 0 Å². The van der Waals surface area contributed by atoms with Crippen LogP contribution >= 0.6 is 11.6 Å². The largest absolute Gasteiger partial charge is 0.507 e. The van der Waals surface area contributed by atoms with Crippen LogP contribution in [0, 0.1) is 0 Å². The molecule has 0 aromatic heterocycles. The summed E-state index contributed by atoms with van der Waals surface area (Å²) in [5.74, 6) is -0.100. The summed E-state index contributed by atoms with van der Waals surface area (Å²) >= 11 is 5.96. The fraction of sp³-hybridized carbons (Fsp3) is 0.562. The molecule has 4 nitrogen and oxygen atoms in total. The lowest BCUT2D eigenvalue weighted by molar-refractivity contribution is 0.0715. The summed E-state index contributed by atoms with van der Waals surface area (Å²) in [7, 11) is 0. The molecular formula is C16H21ClN2O2. The summed E-state index contributed by atoms with van der Waals surface area (Å²) in [5, 5.41) is 13.9. The zero-order valence-electron chi connectivity index (χ0n) is 12.0. The highest BCUT2D eigenvalue weighted by molar-refractivity contribution is 6.31. The Bertz CT molecular complexity index is 525. The van der Waals surface area contributed by atoms with E-state index < -0.39 is 0 Å². The van der Waals surface area contributed by atoms with Gasteiger partial charge in [0.2, 0.25) is 0 Å². The van der Waals surface area contributed by atoms with Gasteiger partial charge in [-0.3, -0.25) is 4.79 Å². The van der Waals surface area contributed by atoms with Gasteiger partial charge in [-0.05, 0) is 50.4 Å². The van der Waals surface area contributed by atoms with Gasteiger partial charge in [-0.1, -0.05) is 18.0 Å². The number of carbonyl (C=O) groups excluding carboxylic acids is 1. The monoisotopic (exact) mass is 308 g/mol. The number of rotatable bonds is 4. The normalized spacial score (nSPS) is 22.0. The Balaban J connectivity index is 1.76. The minimum atomic E-state index is -0.107. The van der Waals surface area contributed by atoms with E-state index in [2.05, 4.69) is 5.32 Å². The summed E-state index contributed by atoms with van der Waals surface area (Å²) < 4.78 is 0. The fourth-order valence-corrected chi connectivity index (χ4v) is 3.11. The van der Waals surface area contributed by atoms with Crippen LogP contribution < -0.4 is 5.32 Å². The standard InChI is InChI=1S/C16H21ClN2O2/c17-11-4-7-15(20)14(9-11)16(21)19(13-5-6-13)10-12-3-1-2-8-18-12/h4,7,9,12-13,18,20H,1-3,5-6,8,10H2. The van der Waals surface area contributed by atoms with Crippen molar-refractivity contribution in [2.75, 3.05) is 13.1 Å². The van der Waals surface area contributed by atoms with Crippen LogP contribution in [0.2, 0.25) is 5.02 Å². The van der Waals surface area contributed by atoms with E-state index in [4.69, 9.17) is 11.6 Å². The van der Waals surface area contributed by atoms with Crippen LogP contribution in [0.3, 0.4) is 0 Å². The highest BCUT2D eigenvalue weighted by Crippen LogP contribution is 2.31. The van der Waals surface area contributed by atoms with E-state index in [1.807, 2.05) is 4.90 Å². The highest BCUT2D eigenvalue weighted by atomic mass is 35.5. The van der Waals surface area contributed by atoms with E-state index in [0.29, 0.717) is 22.7 Å². The van der Waals surface area contributed by atoms with E-state index in [9.17, 15) is 9.90 Å². The first-order valence-corrected chi connectivity index (χ1v) is 8.06. The number of phenolic OH excluding ortho intramolecular Hbond substituents is 1. The van der Waals surface area contributed by atoms with Crippen LogP contribution in [-0.2, 0) is 0 Å². The molecule has 2 aliphatic rings. The molecule has 21 heavy (non-hydrogen) atoms. The maximum atomic E-state index is 12.8. The van der Waals surface area contributed by atoms with Crippen molar-refractivity contribution in [1.82, 2.24) is 10.2 Å². The maximum absolute atomic E-state index is 12.8. The number of amides is 1. The van der Waals surface area contributed by atoms with Crippen molar-refractivity contribution >= 4 is 17.5 Å². The van der Waals surface area contributed by atoms with Gasteiger partial charge in [-0.15, -0.1) is 0 Å². The van der Waals surface area contributed by atoms with Crippen molar-refractivity contribution in [2.24, 2.45) is 0 Å². The molecule has 2 N–H and O–H groups in total. The summed E-state index contributed by atoms with van der Waals surface area (Å²) in [5.41, 5.74) is 0.310. The lowest BCUT2D eigenvalue weighted by Crippen LogP contribution is -2.46. The van der Waals surface area contributed by atoms with Gasteiger partial charge < -0.3 is 15.3 Å². The quantitative estimate of drug-likeness (QED) is 0.899. The molecule has 1 amide bonds. The van der Waals surface area contributed by atoms with Gasteiger partial charge in [0, 0.05) is 23.7 Å². The third kappa shape index (κ3) is 3.50. The number of phenols is 1. The molecule has 1 saturated heterocycles. The van der Waals surface area contributed by atoms with E-state index >= 15 is 0 Å². The number of benzene rings is 1. The van der Waals surface area contributed by atoms with Gasteiger partial charge in [0.15, 0.2) is 0 Å². The summed E-state index contributed by atoms with van der Waals surface area (Å²) in [4.78, 5) is 14.7. The molecular weight excluding hydrogens is 288 g/mol. The van der Waals surface area contributed by atoms with E-state index in [0.717, 1.165) is 32.4 Å². The molecule has 1 unspecified atom stereocenters. The smallest absolute Gasteiger partial charge is 0.257 e. The number of nitrogens with zero attached hydrogens (tertiary/aromatic N) is 1. The van der Waals surface area contributed by atoms with Gasteiger partial charge in [0.25, 0.3) is 5.91 Å². The first-order chi connectivity index (χ1) is 10.1. The lowest BCUT2D eigenvalue weighted by Gasteiger charge is -2.31. The first kappa shape index (κ1) is 14.7. The number of carbonyl (C=O) groups is 1. The number of piperidine rings is 1. The minimum absolute atomic E-state index is 0.00616. The molecule has 1 heterocycles. The van der Waals surface area contributed by atoms with E-state index in [-0.39, 0.29) is 11.7 Å².